The molecule has 0 fully saturated rings. The topological polar surface area (TPSA) is 87.6 Å². The quantitative estimate of drug-likeness (QED) is 0.496. The molecule has 7 nitrogen and oxygen atoms in total. The van der Waals surface area contributed by atoms with Gasteiger partial charge in [-0.05, 0) is 36.4 Å². The standard InChI is InChI=1S/C17H13FN2O5/c1-23-13-6-7-15(14(8-13)20(21)22)24-10-17-19-9-16(25-17)11-2-4-12(18)5-3-11/h2-9H,10H2,1H3. The molecule has 0 atom stereocenters. The Balaban J connectivity index is 1.74. The Morgan fingerprint density at radius 3 is 2.68 bits per heavy atom. The van der Waals surface area contributed by atoms with Gasteiger partial charge in [-0.2, -0.15) is 0 Å². The lowest BCUT2D eigenvalue weighted by Crippen LogP contribution is -1.99. The monoisotopic (exact) mass is 344 g/mol. The minimum atomic E-state index is -0.558. The number of methoxy groups -OCH3 is 1. The van der Waals surface area contributed by atoms with E-state index in [1.54, 1.807) is 18.2 Å². The molecule has 1 aromatic heterocycles. The molecule has 0 aliphatic heterocycles. The number of aromatic nitrogens is 1. The molecule has 25 heavy (non-hydrogen) atoms. The highest BCUT2D eigenvalue weighted by Gasteiger charge is 2.17. The second-order valence-corrected chi connectivity index (χ2v) is 5.00. The third kappa shape index (κ3) is 3.74. The number of benzene rings is 2. The molecule has 0 amide bonds. The number of nitro groups is 1. The summed E-state index contributed by atoms with van der Waals surface area (Å²) < 4.78 is 28.9. The van der Waals surface area contributed by atoms with E-state index in [0.29, 0.717) is 17.1 Å². The minimum Gasteiger partial charge on any atom is -0.496 e. The average molecular weight is 344 g/mol. The van der Waals surface area contributed by atoms with E-state index in [1.807, 2.05) is 0 Å². The van der Waals surface area contributed by atoms with E-state index in [1.165, 1.54) is 37.6 Å². The van der Waals surface area contributed by atoms with Gasteiger partial charge in [-0.25, -0.2) is 9.37 Å². The number of hydrogen-bond donors (Lipinski definition) is 0. The van der Waals surface area contributed by atoms with Crippen LogP contribution in [0.5, 0.6) is 11.5 Å². The van der Waals surface area contributed by atoms with Crippen LogP contribution in [0.15, 0.2) is 53.1 Å². The first-order valence-corrected chi connectivity index (χ1v) is 7.22. The summed E-state index contributed by atoms with van der Waals surface area (Å²) in [6, 6.07) is 10.0. The SMILES string of the molecule is COc1ccc(OCc2ncc(-c3ccc(F)cc3)o2)c([N+](=O)[O-])c1. The largest absolute Gasteiger partial charge is 0.496 e. The van der Waals surface area contributed by atoms with Crippen molar-refractivity contribution in [3.63, 3.8) is 0 Å². The first-order valence-electron chi connectivity index (χ1n) is 7.22. The van der Waals surface area contributed by atoms with E-state index in [4.69, 9.17) is 13.9 Å². The van der Waals surface area contributed by atoms with E-state index < -0.39 is 4.92 Å². The van der Waals surface area contributed by atoms with Crippen molar-refractivity contribution in [2.24, 2.45) is 0 Å². The zero-order valence-electron chi connectivity index (χ0n) is 13.1. The molecule has 0 saturated heterocycles. The van der Waals surface area contributed by atoms with Crippen LogP contribution in [0, 0.1) is 15.9 Å². The molecule has 0 unspecified atom stereocenters. The molecular weight excluding hydrogens is 331 g/mol. The van der Waals surface area contributed by atoms with Gasteiger partial charge in [0.15, 0.2) is 18.1 Å². The second-order valence-electron chi connectivity index (χ2n) is 5.00. The molecule has 0 saturated carbocycles. The van der Waals surface area contributed by atoms with Crippen LogP contribution in [-0.2, 0) is 6.61 Å². The van der Waals surface area contributed by atoms with E-state index in [9.17, 15) is 14.5 Å². The molecule has 0 N–H and O–H groups in total. The van der Waals surface area contributed by atoms with Gasteiger partial charge in [0, 0.05) is 5.56 Å². The summed E-state index contributed by atoms with van der Waals surface area (Å²) in [7, 11) is 1.42. The summed E-state index contributed by atoms with van der Waals surface area (Å²) in [5, 5.41) is 11.1. The lowest BCUT2D eigenvalue weighted by molar-refractivity contribution is -0.386. The zero-order valence-corrected chi connectivity index (χ0v) is 13.1. The van der Waals surface area contributed by atoms with Crippen molar-refractivity contribution >= 4 is 5.69 Å². The zero-order chi connectivity index (χ0) is 17.8. The highest BCUT2D eigenvalue weighted by atomic mass is 19.1. The third-order valence-electron chi connectivity index (χ3n) is 3.40. The number of oxazole rings is 1. The third-order valence-corrected chi connectivity index (χ3v) is 3.40. The Labute approximate surface area is 141 Å². The number of halogens is 1. The van der Waals surface area contributed by atoms with E-state index in [-0.39, 0.29) is 29.8 Å². The Bertz CT molecular complexity index is 892. The first-order chi connectivity index (χ1) is 12.1. The fraction of sp³-hybridized carbons (Fsp3) is 0.118. The van der Waals surface area contributed by atoms with Crippen LogP contribution < -0.4 is 9.47 Å². The summed E-state index contributed by atoms with van der Waals surface area (Å²) in [4.78, 5) is 14.6. The van der Waals surface area contributed by atoms with Gasteiger partial charge in [-0.1, -0.05) is 0 Å². The number of rotatable bonds is 6. The van der Waals surface area contributed by atoms with Gasteiger partial charge in [0.25, 0.3) is 0 Å². The van der Waals surface area contributed by atoms with Gasteiger partial charge in [0.2, 0.25) is 5.89 Å². The van der Waals surface area contributed by atoms with Gasteiger partial charge < -0.3 is 13.9 Å². The van der Waals surface area contributed by atoms with E-state index in [2.05, 4.69) is 4.98 Å². The van der Waals surface area contributed by atoms with Crippen LogP contribution >= 0.6 is 0 Å². The first kappa shape index (κ1) is 16.4. The van der Waals surface area contributed by atoms with Crippen molar-refractivity contribution in [2.75, 3.05) is 7.11 Å². The maximum atomic E-state index is 12.9. The molecule has 3 rings (SSSR count). The van der Waals surface area contributed by atoms with Crippen molar-refractivity contribution in [1.82, 2.24) is 4.98 Å². The highest BCUT2D eigenvalue weighted by Crippen LogP contribution is 2.31. The Morgan fingerprint density at radius 1 is 1.24 bits per heavy atom. The van der Waals surface area contributed by atoms with Crippen molar-refractivity contribution in [3.05, 3.63) is 70.5 Å². The van der Waals surface area contributed by atoms with Gasteiger partial charge >= 0.3 is 5.69 Å². The van der Waals surface area contributed by atoms with Crippen LogP contribution in [0.4, 0.5) is 10.1 Å². The maximum absolute atomic E-state index is 12.9. The fourth-order valence-electron chi connectivity index (χ4n) is 2.15. The lowest BCUT2D eigenvalue weighted by Gasteiger charge is -2.06. The van der Waals surface area contributed by atoms with Crippen molar-refractivity contribution in [1.29, 1.82) is 0 Å². The van der Waals surface area contributed by atoms with Crippen LogP contribution in [0.3, 0.4) is 0 Å². The molecule has 0 spiro atoms. The number of nitrogens with zero attached hydrogens (tertiary/aromatic N) is 2. The average Bonchev–Trinajstić information content (AvgIpc) is 3.09. The molecule has 0 aliphatic carbocycles. The van der Waals surface area contributed by atoms with Gasteiger partial charge in [-0.15, -0.1) is 0 Å². The van der Waals surface area contributed by atoms with Crippen molar-refractivity contribution in [2.45, 2.75) is 6.61 Å². The summed E-state index contributed by atoms with van der Waals surface area (Å²) in [5.41, 5.74) is 0.445. The van der Waals surface area contributed by atoms with E-state index in [0.717, 1.165) is 0 Å². The number of nitro benzene ring substituents is 1. The summed E-state index contributed by atoms with van der Waals surface area (Å²) in [6.07, 6.45) is 1.48. The molecule has 1 heterocycles. The van der Waals surface area contributed by atoms with Crippen molar-refractivity contribution in [3.8, 4) is 22.8 Å². The number of hydrogen-bond acceptors (Lipinski definition) is 6. The normalized spacial score (nSPS) is 10.5. The van der Waals surface area contributed by atoms with E-state index >= 15 is 0 Å². The lowest BCUT2D eigenvalue weighted by atomic mass is 10.2. The molecule has 2 aromatic carbocycles. The second kappa shape index (κ2) is 7.00. The van der Waals surface area contributed by atoms with Crippen LogP contribution in [-0.4, -0.2) is 17.0 Å². The van der Waals surface area contributed by atoms with Crippen LogP contribution in [0.1, 0.15) is 5.89 Å². The van der Waals surface area contributed by atoms with Crippen molar-refractivity contribution < 1.29 is 23.2 Å². The Hall–Kier alpha value is -3.42. The number of ether oxygens (including phenoxy) is 2. The minimum absolute atomic E-state index is 0.0762. The predicted octanol–water partition coefficient (Wildman–Crippen LogP) is 3.98. The van der Waals surface area contributed by atoms with Gasteiger partial charge in [0.05, 0.1) is 24.3 Å². The van der Waals surface area contributed by atoms with Crippen LogP contribution in [0.2, 0.25) is 0 Å². The molecule has 128 valence electrons. The highest BCUT2D eigenvalue weighted by molar-refractivity contribution is 5.56. The molecule has 8 heteroatoms. The predicted molar refractivity (Wildman–Crippen MR) is 85.9 cm³/mol. The fourth-order valence-corrected chi connectivity index (χ4v) is 2.15. The molecular formula is C17H13FN2O5. The van der Waals surface area contributed by atoms with Gasteiger partial charge in [-0.3, -0.25) is 10.1 Å². The summed E-state index contributed by atoms with van der Waals surface area (Å²) in [5.74, 6) is 0.770. The Morgan fingerprint density at radius 2 is 2.00 bits per heavy atom. The summed E-state index contributed by atoms with van der Waals surface area (Å²) >= 11 is 0. The van der Waals surface area contributed by atoms with Gasteiger partial charge in [0.1, 0.15) is 11.6 Å². The summed E-state index contributed by atoms with van der Waals surface area (Å²) in [6.45, 7) is -0.0889. The molecule has 0 bridgehead atoms. The smallest absolute Gasteiger partial charge is 0.314 e. The maximum Gasteiger partial charge on any atom is 0.314 e. The van der Waals surface area contributed by atoms with Crippen LogP contribution in [0.25, 0.3) is 11.3 Å². The molecule has 3 aromatic rings. The molecule has 0 aliphatic rings. The Kier molecular flexibility index (Phi) is 4.60. The molecule has 0 radical (unpaired) electrons.